The summed E-state index contributed by atoms with van der Waals surface area (Å²) in [6, 6.07) is 16.9. The quantitative estimate of drug-likeness (QED) is 0.613. The Morgan fingerprint density at radius 3 is 1.88 bits per heavy atom. The van der Waals surface area contributed by atoms with E-state index in [0.717, 1.165) is 18.7 Å². The lowest BCUT2D eigenvalue weighted by molar-refractivity contribution is 0.240. The minimum absolute atomic E-state index is 0. The van der Waals surface area contributed by atoms with Crippen LogP contribution < -0.4 is 10.1 Å². The molecule has 0 atom stereocenters. The first-order valence-corrected chi connectivity index (χ1v) is 9.15. The highest BCUT2D eigenvalue weighted by molar-refractivity contribution is 5.85. The molecule has 0 saturated heterocycles. The first-order chi connectivity index (χ1) is 11.6. The van der Waals surface area contributed by atoms with Crippen molar-refractivity contribution in [3.8, 4) is 5.75 Å². The van der Waals surface area contributed by atoms with Crippen LogP contribution in [0.4, 0.5) is 0 Å². The molecule has 2 aromatic carbocycles. The fourth-order valence-electron chi connectivity index (χ4n) is 3.28. The molecule has 0 aliphatic rings. The topological polar surface area (TPSA) is 21.3 Å². The Bertz CT molecular complexity index is 654. The van der Waals surface area contributed by atoms with Crippen molar-refractivity contribution in [2.24, 2.45) is 5.41 Å². The van der Waals surface area contributed by atoms with E-state index in [9.17, 15) is 0 Å². The first kappa shape index (κ1) is 22.5. The molecule has 0 radical (unpaired) electrons. The Morgan fingerprint density at radius 1 is 0.808 bits per heavy atom. The molecule has 0 spiro atoms. The fraction of sp³-hybridized carbons (Fsp3) is 0.478. The SMILES string of the molecule is Cc1ccc(COc2ccc(CNC(C)(C)CC(C)(C)C)cc2)cc1.Cl. The minimum atomic E-state index is 0. The lowest BCUT2D eigenvalue weighted by Crippen LogP contribution is -2.41. The molecule has 1 N–H and O–H groups in total. The number of ether oxygens (including phenoxy) is 1. The molecule has 2 nitrogen and oxygen atoms in total. The highest BCUT2D eigenvalue weighted by atomic mass is 35.5. The maximum absolute atomic E-state index is 5.88. The van der Waals surface area contributed by atoms with Gasteiger partial charge < -0.3 is 10.1 Å². The van der Waals surface area contributed by atoms with Crippen LogP contribution in [0.15, 0.2) is 48.5 Å². The molecule has 2 rings (SSSR count). The van der Waals surface area contributed by atoms with Crippen molar-refractivity contribution in [1.29, 1.82) is 0 Å². The van der Waals surface area contributed by atoms with Crippen molar-refractivity contribution in [3.05, 3.63) is 65.2 Å². The number of hydrogen-bond acceptors (Lipinski definition) is 2. The lowest BCUT2D eigenvalue weighted by atomic mass is 9.82. The molecule has 0 aliphatic carbocycles. The second kappa shape index (κ2) is 9.43. The second-order valence-corrected chi connectivity index (χ2v) is 8.89. The smallest absolute Gasteiger partial charge is 0.119 e. The van der Waals surface area contributed by atoms with Gasteiger partial charge >= 0.3 is 0 Å². The maximum Gasteiger partial charge on any atom is 0.119 e. The molecule has 3 heteroatoms. The minimum Gasteiger partial charge on any atom is -0.489 e. The van der Waals surface area contributed by atoms with Crippen LogP contribution in [-0.2, 0) is 13.2 Å². The molecule has 26 heavy (non-hydrogen) atoms. The summed E-state index contributed by atoms with van der Waals surface area (Å²) in [5, 5.41) is 3.67. The standard InChI is InChI=1S/C23H33NO.ClH/c1-18-7-9-20(10-8-18)16-25-21-13-11-19(12-14-21)15-24-23(5,6)17-22(2,3)4;/h7-14,24H,15-17H2,1-6H3;1H. The third kappa shape index (κ3) is 8.25. The molecule has 0 saturated carbocycles. The number of aryl methyl sites for hydroxylation is 1. The average Bonchev–Trinajstić information content (AvgIpc) is 2.51. The van der Waals surface area contributed by atoms with E-state index in [4.69, 9.17) is 4.74 Å². The van der Waals surface area contributed by atoms with Crippen molar-refractivity contribution in [3.63, 3.8) is 0 Å². The molecule has 0 bridgehead atoms. The predicted molar refractivity (Wildman–Crippen MR) is 114 cm³/mol. The van der Waals surface area contributed by atoms with E-state index in [1.54, 1.807) is 0 Å². The van der Waals surface area contributed by atoms with Crippen LogP contribution >= 0.6 is 12.4 Å². The summed E-state index contributed by atoms with van der Waals surface area (Å²) >= 11 is 0. The molecule has 0 fully saturated rings. The molecule has 0 aliphatic heterocycles. The number of benzene rings is 2. The highest BCUT2D eigenvalue weighted by Crippen LogP contribution is 2.27. The van der Waals surface area contributed by atoms with Gasteiger partial charge in [0, 0.05) is 12.1 Å². The van der Waals surface area contributed by atoms with Gasteiger partial charge in [-0.1, -0.05) is 62.7 Å². The Labute approximate surface area is 165 Å². The molecule has 0 heterocycles. The van der Waals surface area contributed by atoms with Gasteiger partial charge in [0.05, 0.1) is 0 Å². The van der Waals surface area contributed by atoms with Crippen molar-refractivity contribution < 1.29 is 4.74 Å². The van der Waals surface area contributed by atoms with Gasteiger partial charge in [0.1, 0.15) is 12.4 Å². The van der Waals surface area contributed by atoms with Gasteiger partial charge in [-0.25, -0.2) is 0 Å². The van der Waals surface area contributed by atoms with E-state index < -0.39 is 0 Å². The molecule has 0 unspecified atom stereocenters. The van der Waals surface area contributed by atoms with Crippen molar-refractivity contribution in [2.75, 3.05) is 0 Å². The van der Waals surface area contributed by atoms with E-state index >= 15 is 0 Å². The van der Waals surface area contributed by atoms with Gasteiger partial charge in [-0.05, 0) is 55.9 Å². The lowest BCUT2D eigenvalue weighted by Gasteiger charge is -2.33. The largest absolute Gasteiger partial charge is 0.489 e. The summed E-state index contributed by atoms with van der Waals surface area (Å²) in [4.78, 5) is 0. The molecular weight excluding hydrogens is 342 g/mol. The summed E-state index contributed by atoms with van der Waals surface area (Å²) in [6.45, 7) is 15.0. The number of rotatable bonds is 7. The monoisotopic (exact) mass is 375 g/mol. The van der Waals surface area contributed by atoms with Gasteiger partial charge in [-0.3, -0.25) is 0 Å². The summed E-state index contributed by atoms with van der Waals surface area (Å²) in [7, 11) is 0. The Morgan fingerprint density at radius 2 is 1.35 bits per heavy atom. The third-order valence-corrected chi connectivity index (χ3v) is 4.19. The zero-order valence-electron chi connectivity index (χ0n) is 17.1. The van der Waals surface area contributed by atoms with E-state index in [1.807, 2.05) is 0 Å². The van der Waals surface area contributed by atoms with Gasteiger partial charge in [0.2, 0.25) is 0 Å². The number of halogens is 1. The zero-order valence-corrected chi connectivity index (χ0v) is 17.9. The van der Waals surface area contributed by atoms with Crippen LogP contribution in [0.1, 0.15) is 57.7 Å². The highest BCUT2D eigenvalue weighted by Gasteiger charge is 2.24. The van der Waals surface area contributed by atoms with Crippen molar-refractivity contribution >= 4 is 12.4 Å². The third-order valence-electron chi connectivity index (χ3n) is 4.19. The predicted octanol–water partition coefficient (Wildman–Crippen LogP) is 6.30. The van der Waals surface area contributed by atoms with Gasteiger partial charge in [0.25, 0.3) is 0 Å². The van der Waals surface area contributed by atoms with E-state index in [1.165, 1.54) is 16.7 Å². The maximum atomic E-state index is 5.88. The summed E-state index contributed by atoms with van der Waals surface area (Å²) < 4.78 is 5.88. The second-order valence-electron chi connectivity index (χ2n) is 8.89. The van der Waals surface area contributed by atoms with E-state index in [2.05, 4.69) is 95.4 Å². The molecule has 0 aromatic heterocycles. The molecule has 0 amide bonds. The van der Waals surface area contributed by atoms with E-state index in [-0.39, 0.29) is 17.9 Å². The van der Waals surface area contributed by atoms with Crippen LogP contribution in [0.2, 0.25) is 0 Å². The first-order valence-electron chi connectivity index (χ1n) is 9.15. The summed E-state index contributed by atoms with van der Waals surface area (Å²) in [5.41, 5.74) is 4.20. The molecule has 2 aromatic rings. The van der Waals surface area contributed by atoms with Crippen LogP contribution in [0.25, 0.3) is 0 Å². The molecule has 144 valence electrons. The van der Waals surface area contributed by atoms with Crippen LogP contribution in [-0.4, -0.2) is 5.54 Å². The summed E-state index contributed by atoms with van der Waals surface area (Å²) in [5.74, 6) is 0.915. The van der Waals surface area contributed by atoms with E-state index in [0.29, 0.717) is 12.0 Å². The molecular formula is C23H34ClNO. The number of hydrogen-bond donors (Lipinski definition) is 1. The van der Waals surface area contributed by atoms with Gasteiger partial charge in [0.15, 0.2) is 0 Å². The van der Waals surface area contributed by atoms with Crippen molar-refractivity contribution in [2.45, 2.75) is 66.7 Å². The van der Waals surface area contributed by atoms with Gasteiger partial charge in [-0.15, -0.1) is 12.4 Å². The Hall–Kier alpha value is -1.51. The van der Waals surface area contributed by atoms with Crippen LogP contribution in [0, 0.1) is 12.3 Å². The van der Waals surface area contributed by atoms with Crippen LogP contribution in [0.3, 0.4) is 0 Å². The fourth-order valence-corrected chi connectivity index (χ4v) is 3.28. The van der Waals surface area contributed by atoms with Crippen molar-refractivity contribution in [1.82, 2.24) is 5.32 Å². The average molecular weight is 376 g/mol. The summed E-state index contributed by atoms with van der Waals surface area (Å²) in [6.07, 6.45) is 1.14. The normalized spacial score (nSPS) is 11.8. The van der Waals surface area contributed by atoms with Crippen LogP contribution in [0.5, 0.6) is 5.75 Å². The zero-order chi connectivity index (χ0) is 18.5. The Kier molecular flexibility index (Phi) is 8.17. The number of nitrogens with one attached hydrogen (secondary N) is 1. The Balaban J connectivity index is 0.00000338. The van der Waals surface area contributed by atoms with Gasteiger partial charge in [-0.2, -0.15) is 0 Å².